The summed E-state index contributed by atoms with van der Waals surface area (Å²) in [6, 6.07) is 9.74. The van der Waals surface area contributed by atoms with Gasteiger partial charge in [0.15, 0.2) is 5.13 Å². The highest BCUT2D eigenvalue weighted by molar-refractivity contribution is 7.22. The van der Waals surface area contributed by atoms with Gasteiger partial charge in [-0.25, -0.2) is 14.6 Å². The van der Waals surface area contributed by atoms with Gasteiger partial charge in [0.05, 0.1) is 28.1 Å². The van der Waals surface area contributed by atoms with Crippen LogP contribution in [0.3, 0.4) is 0 Å². The minimum Gasteiger partial charge on any atom is -0.462 e. The maximum atomic E-state index is 12.5. The molecule has 3 N–H and O–H groups in total. The first kappa shape index (κ1) is 21.3. The number of aromatic nitrogens is 1. The van der Waals surface area contributed by atoms with E-state index in [9.17, 15) is 14.4 Å². The molecule has 0 aliphatic heterocycles. The van der Waals surface area contributed by atoms with Gasteiger partial charge in [0, 0.05) is 12.1 Å². The molecule has 0 fully saturated rings. The zero-order valence-electron chi connectivity index (χ0n) is 16.9. The predicted molar refractivity (Wildman–Crippen MR) is 118 cm³/mol. The van der Waals surface area contributed by atoms with E-state index >= 15 is 0 Å². The maximum absolute atomic E-state index is 12.5. The average Bonchev–Trinajstić information content (AvgIpc) is 3.11. The Bertz CT molecular complexity index is 1110. The van der Waals surface area contributed by atoms with E-state index in [2.05, 4.69) is 20.9 Å². The molecule has 9 heteroatoms. The van der Waals surface area contributed by atoms with E-state index in [0.717, 1.165) is 15.8 Å². The number of aryl methyl sites for hydroxylation is 1. The van der Waals surface area contributed by atoms with Crippen molar-refractivity contribution in [2.24, 2.45) is 0 Å². The van der Waals surface area contributed by atoms with Crippen LogP contribution in [0.25, 0.3) is 10.2 Å². The summed E-state index contributed by atoms with van der Waals surface area (Å²) in [5, 5.41) is 8.73. The third kappa shape index (κ3) is 4.93. The van der Waals surface area contributed by atoms with Gasteiger partial charge in [0.1, 0.15) is 0 Å². The number of fused-ring (bicyclic) bond motifs is 1. The van der Waals surface area contributed by atoms with Gasteiger partial charge in [0.25, 0.3) is 0 Å². The number of urea groups is 1. The van der Waals surface area contributed by atoms with Crippen LogP contribution in [-0.4, -0.2) is 29.5 Å². The number of ether oxygens (including phenoxy) is 1. The molecule has 0 aliphatic rings. The second-order valence-electron chi connectivity index (χ2n) is 6.41. The standard InChI is InChI=1S/C21H22N4O4S/c1-4-17(26)24-21-25-18-12(3)10-13(11-16(18)30-21)22-20(28)23-15-9-7-6-8-14(15)19(27)29-5-2/h6-11H,4-5H2,1-3H3,(H2,22,23,28)(H,24,25,26). The van der Waals surface area contributed by atoms with Gasteiger partial charge in [-0.15, -0.1) is 0 Å². The molecule has 1 heterocycles. The summed E-state index contributed by atoms with van der Waals surface area (Å²) in [5.74, 6) is -0.610. The van der Waals surface area contributed by atoms with Crippen LogP contribution < -0.4 is 16.0 Å². The number of thiazole rings is 1. The number of para-hydroxylation sites is 1. The van der Waals surface area contributed by atoms with Gasteiger partial charge >= 0.3 is 12.0 Å². The van der Waals surface area contributed by atoms with Crippen molar-refractivity contribution >= 4 is 56.0 Å². The third-order valence-electron chi connectivity index (χ3n) is 4.18. The van der Waals surface area contributed by atoms with E-state index < -0.39 is 12.0 Å². The number of amides is 3. The Morgan fingerprint density at radius 3 is 2.57 bits per heavy atom. The van der Waals surface area contributed by atoms with Crippen LogP contribution in [0.5, 0.6) is 0 Å². The Balaban J connectivity index is 1.77. The van der Waals surface area contributed by atoms with Crippen molar-refractivity contribution in [3.63, 3.8) is 0 Å². The summed E-state index contributed by atoms with van der Waals surface area (Å²) in [5.41, 5.74) is 2.84. The molecule has 3 aromatic rings. The van der Waals surface area contributed by atoms with Crippen LogP contribution in [0.15, 0.2) is 36.4 Å². The first-order valence-corrected chi connectivity index (χ1v) is 10.3. The molecule has 3 amide bonds. The lowest BCUT2D eigenvalue weighted by atomic mass is 10.2. The zero-order valence-corrected chi connectivity index (χ0v) is 17.7. The summed E-state index contributed by atoms with van der Waals surface area (Å²) < 4.78 is 5.86. The van der Waals surface area contributed by atoms with E-state index in [1.54, 1.807) is 50.2 Å². The minimum absolute atomic E-state index is 0.107. The molecule has 0 aliphatic carbocycles. The molecule has 1 aromatic heterocycles. The fraction of sp³-hybridized carbons (Fsp3) is 0.238. The smallest absolute Gasteiger partial charge is 0.340 e. The highest BCUT2D eigenvalue weighted by atomic mass is 32.1. The van der Waals surface area contributed by atoms with Crippen LogP contribution >= 0.6 is 11.3 Å². The summed E-state index contributed by atoms with van der Waals surface area (Å²) in [6.07, 6.45) is 0.370. The number of carbonyl (C=O) groups is 3. The SMILES string of the molecule is CCOC(=O)c1ccccc1NC(=O)Nc1cc(C)c2nc(NC(=O)CC)sc2c1. The highest BCUT2D eigenvalue weighted by Gasteiger charge is 2.15. The van der Waals surface area contributed by atoms with Gasteiger partial charge in [-0.05, 0) is 43.7 Å². The minimum atomic E-state index is -0.503. The molecule has 30 heavy (non-hydrogen) atoms. The zero-order chi connectivity index (χ0) is 21.7. The van der Waals surface area contributed by atoms with Crippen LogP contribution in [-0.2, 0) is 9.53 Å². The lowest BCUT2D eigenvalue weighted by molar-refractivity contribution is -0.115. The van der Waals surface area contributed by atoms with E-state index in [1.165, 1.54) is 11.3 Å². The van der Waals surface area contributed by atoms with Crippen molar-refractivity contribution in [3.8, 4) is 0 Å². The molecular weight excluding hydrogens is 404 g/mol. The van der Waals surface area contributed by atoms with Gasteiger partial charge < -0.3 is 20.7 Å². The summed E-state index contributed by atoms with van der Waals surface area (Å²) in [4.78, 5) is 40.6. The summed E-state index contributed by atoms with van der Waals surface area (Å²) >= 11 is 1.34. The Morgan fingerprint density at radius 1 is 1.07 bits per heavy atom. The molecule has 0 radical (unpaired) electrons. The predicted octanol–water partition coefficient (Wildman–Crippen LogP) is 4.77. The van der Waals surface area contributed by atoms with E-state index in [4.69, 9.17) is 4.74 Å². The molecule has 0 saturated heterocycles. The molecule has 2 aromatic carbocycles. The third-order valence-corrected chi connectivity index (χ3v) is 5.10. The number of hydrogen-bond acceptors (Lipinski definition) is 6. The monoisotopic (exact) mass is 426 g/mol. The molecule has 8 nitrogen and oxygen atoms in total. The second kappa shape index (κ2) is 9.36. The average molecular weight is 426 g/mol. The van der Waals surface area contributed by atoms with Gasteiger partial charge in [-0.2, -0.15) is 0 Å². The summed E-state index contributed by atoms with van der Waals surface area (Å²) in [7, 11) is 0. The first-order valence-electron chi connectivity index (χ1n) is 9.46. The van der Waals surface area contributed by atoms with E-state index in [-0.39, 0.29) is 18.1 Å². The Kier molecular flexibility index (Phi) is 6.63. The number of esters is 1. The Hall–Kier alpha value is -3.46. The number of carbonyl (C=O) groups excluding carboxylic acids is 3. The van der Waals surface area contributed by atoms with E-state index in [1.807, 2.05) is 6.92 Å². The van der Waals surface area contributed by atoms with Gasteiger partial charge in [-0.1, -0.05) is 30.4 Å². The van der Waals surface area contributed by atoms with Crippen LogP contribution in [0.2, 0.25) is 0 Å². The topological polar surface area (TPSA) is 109 Å². The maximum Gasteiger partial charge on any atom is 0.340 e. The molecular formula is C21H22N4O4S. The lowest BCUT2D eigenvalue weighted by Crippen LogP contribution is -2.21. The number of nitrogens with one attached hydrogen (secondary N) is 3. The molecule has 0 bridgehead atoms. The van der Waals surface area contributed by atoms with Crippen molar-refractivity contribution in [1.82, 2.24) is 4.98 Å². The second-order valence-corrected chi connectivity index (χ2v) is 7.44. The van der Waals surface area contributed by atoms with Crippen molar-refractivity contribution < 1.29 is 19.1 Å². The van der Waals surface area contributed by atoms with Crippen molar-refractivity contribution in [2.75, 3.05) is 22.6 Å². The molecule has 0 atom stereocenters. The number of benzene rings is 2. The van der Waals surface area contributed by atoms with Crippen molar-refractivity contribution in [3.05, 3.63) is 47.5 Å². The fourth-order valence-corrected chi connectivity index (χ4v) is 3.79. The normalized spacial score (nSPS) is 10.5. The first-order chi connectivity index (χ1) is 14.4. The van der Waals surface area contributed by atoms with Crippen LogP contribution in [0.4, 0.5) is 21.3 Å². The highest BCUT2D eigenvalue weighted by Crippen LogP contribution is 2.31. The van der Waals surface area contributed by atoms with Gasteiger partial charge in [0.2, 0.25) is 5.91 Å². The quantitative estimate of drug-likeness (QED) is 0.492. The molecule has 3 rings (SSSR count). The fourth-order valence-electron chi connectivity index (χ4n) is 2.79. The summed E-state index contributed by atoms with van der Waals surface area (Å²) in [6.45, 7) is 5.62. The molecule has 0 spiro atoms. The number of anilines is 3. The number of rotatable bonds is 6. The number of nitrogens with zero attached hydrogens (tertiary/aromatic N) is 1. The van der Waals surface area contributed by atoms with Crippen molar-refractivity contribution in [1.29, 1.82) is 0 Å². The van der Waals surface area contributed by atoms with Crippen LogP contribution in [0, 0.1) is 6.92 Å². The largest absolute Gasteiger partial charge is 0.462 e. The Morgan fingerprint density at radius 2 is 1.83 bits per heavy atom. The lowest BCUT2D eigenvalue weighted by Gasteiger charge is -2.11. The van der Waals surface area contributed by atoms with Crippen molar-refractivity contribution in [2.45, 2.75) is 27.2 Å². The van der Waals surface area contributed by atoms with E-state index in [0.29, 0.717) is 22.9 Å². The number of hydrogen-bond donors (Lipinski definition) is 3. The van der Waals surface area contributed by atoms with Crippen LogP contribution in [0.1, 0.15) is 36.2 Å². The molecule has 0 unspecified atom stereocenters. The molecule has 156 valence electrons. The molecule has 0 saturated carbocycles. The Labute approximate surface area is 177 Å². The van der Waals surface area contributed by atoms with Gasteiger partial charge in [-0.3, -0.25) is 4.79 Å².